The first-order valence-corrected chi connectivity index (χ1v) is 8.22. The average Bonchev–Trinajstić information content (AvgIpc) is 3.09. The second-order valence-corrected chi connectivity index (χ2v) is 6.34. The number of rotatable bonds is 4. The van der Waals surface area contributed by atoms with Gasteiger partial charge in [-0.15, -0.1) is 0 Å². The lowest BCUT2D eigenvalue weighted by atomic mass is 10.2. The number of amides is 1. The number of hydrogen-bond donors (Lipinski definition) is 1. The summed E-state index contributed by atoms with van der Waals surface area (Å²) in [6, 6.07) is 13.0. The van der Waals surface area contributed by atoms with Gasteiger partial charge >= 0.3 is 0 Å². The van der Waals surface area contributed by atoms with Gasteiger partial charge in [0.05, 0.1) is 10.7 Å². The largest absolute Gasteiger partial charge is 0.460 e. The van der Waals surface area contributed by atoms with Crippen molar-refractivity contribution >= 4 is 17.5 Å². The number of nitrogens with one attached hydrogen (secondary N) is 1. The molecule has 1 aromatic carbocycles. The number of carbonyl (C=O) groups excluding carboxylic acids is 1. The second kappa shape index (κ2) is 5.83. The zero-order valence-corrected chi connectivity index (χ0v) is 13.9. The first-order valence-electron chi connectivity index (χ1n) is 7.84. The van der Waals surface area contributed by atoms with Crippen LogP contribution in [0, 0.1) is 6.92 Å². The Morgan fingerprint density at radius 3 is 2.75 bits per heavy atom. The van der Waals surface area contributed by atoms with Crippen molar-refractivity contribution in [3.8, 4) is 17.1 Å². The molecule has 1 saturated carbocycles. The zero-order valence-electron chi connectivity index (χ0n) is 13.1. The second-order valence-electron chi connectivity index (χ2n) is 5.94. The predicted molar refractivity (Wildman–Crippen MR) is 91.5 cm³/mol. The fraction of sp³-hybridized carbons (Fsp3) is 0.222. The molecule has 2 heterocycles. The van der Waals surface area contributed by atoms with E-state index in [1.807, 2.05) is 37.3 Å². The molecule has 0 saturated heterocycles. The van der Waals surface area contributed by atoms with Gasteiger partial charge in [-0.05, 0) is 44.0 Å². The standard InChI is InChI=1S/C18H16ClN3O2/c1-11-6-9-17(24-11)14-10-16(18(23)20-12-7-8-12)22(21-14)15-5-3-2-4-13(15)19/h2-6,9-10,12H,7-8H2,1H3,(H,20,23). The number of aromatic nitrogens is 2. The smallest absolute Gasteiger partial charge is 0.270 e. The van der Waals surface area contributed by atoms with E-state index in [4.69, 9.17) is 16.0 Å². The summed E-state index contributed by atoms with van der Waals surface area (Å²) >= 11 is 6.30. The van der Waals surface area contributed by atoms with Gasteiger partial charge in [0.15, 0.2) is 5.76 Å². The summed E-state index contributed by atoms with van der Waals surface area (Å²) in [4.78, 5) is 12.6. The highest BCUT2D eigenvalue weighted by Crippen LogP contribution is 2.27. The van der Waals surface area contributed by atoms with Gasteiger partial charge in [0.1, 0.15) is 17.1 Å². The number of furan rings is 1. The summed E-state index contributed by atoms with van der Waals surface area (Å²) in [6.45, 7) is 1.87. The van der Waals surface area contributed by atoms with Gasteiger partial charge in [-0.3, -0.25) is 4.79 Å². The molecular formula is C18H16ClN3O2. The van der Waals surface area contributed by atoms with Crippen LogP contribution in [0.25, 0.3) is 17.1 Å². The summed E-state index contributed by atoms with van der Waals surface area (Å²) in [5, 5.41) is 8.08. The van der Waals surface area contributed by atoms with Crippen LogP contribution >= 0.6 is 11.6 Å². The molecule has 122 valence electrons. The van der Waals surface area contributed by atoms with Crippen LogP contribution in [-0.2, 0) is 0 Å². The Morgan fingerprint density at radius 2 is 2.08 bits per heavy atom. The van der Waals surface area contributed by atoms with Crippen molar-refractivity contribution in [2.75, 3.05) is 0 Å². The lowest BCUT2D eigenvalue weighted by Gasteiger charge is -2.09. The Bertz CT molecular complexity index is 909. The molecule has 0 spiro atoms. The molecule has 1 aliphatic rings. The van der Waals surface area contributed by atoms with Crippen LogP contribution in [0.3, 0.4) is 0 Å². The molecule has 1 N–H and O–H groups in total. The fourth-order valence-electron chi connectivity index (χ4n) is 2.53. The zero-order chi connectivity index (χ0) is 16.7. The van der Waals surface area contributed by atoms with Crippen molar-refractivity contribution < 1.29 is 9.21 Å². The Morgan fingerprint density at radius 1 is 1.29 bits per heavy atom. The van der Waals surface area contributed by atoms with E-state index in [1.165, 1.54) is 0 Å². The molecule has 3 aromatic rings. The van der Waals surface area contributed by atoms with Gasteiger partial charge in [0.2, 0.25) is 0 Å². The van der Waals surface area contributed by atoms with Gasteiger partial charge < -0.3 is 9.73 Å². The lowest BCUT2D eigenvalue weighted by Crippen LogP contribution is -2.27. The molecule has 0 bridgehead atoms. The number of hydrogen-bond acceptors (Lipinski definition) is 3. The van der Waals surface area contributed by atoms with Crippen LogP contribution in [0.5, 0.6) is 0 Å². The molecule has 1 fully saturated rings. The van der Waals surface area contributed by atoms with Crippen LogP contribution in [0.2, 0.25) is 5.02 Å². The van der Waals surface area contributed by atoms with E-state index in [-0.39, 0.29) is 11.9 Å². The first kappa shape index (κ1) is 15.0. The molecule has 6 heteroatoms. The summed E-state index contributed by atoms with van der Waals surface area (Å²) < 4.78 is 7.21. The third kappa shape index (κ3) is 2.83. The van der Waals surface area contributed by atoms with Crippen LogP contribution < -0.4 is 5.32 Å². The maximum Gasteiger partial charge on any atom is 0.270 e. The molecule has 1 amide bonds. The van der Waals surface area contributed by atoms with Crippen LogP contribution in [0.1, 0.15) is 29.1 Å². The molecule has 1 aliphatic carbocycles. The third-order valence-corrected chi connectivity index (χ3v) is 4.25. The molecule has 0 atom stereocenters. The minimum atomic E-state index is -0.153. The lowest BCUT2D eigenvalue weighted by molar-refractivity contribution is 0.0943. The van der Waals surface area contributed by atoms with Crippen molar-refractivity contribution in [1.82, 2.24) is 15.1 Å². The van der Waals surface area contributed by atoms with E-state index in [2.05, 4.69) is 10.4 Å². The summed E-state index contributed by atoms with van der Waals surface area (Å²) in [7, 11) is 0. The van der Waals surface area contributed by atoms with Crippen LogP contribution in [0.4, 0.5) is 0 Å². The molecule has 0 radical (unpaired) electrons. The predicted octanol–water partition coefficient (Wildman–Crippen LogP) is 3.99. The van der Waals surface area contributed by atoms with Crippen LogP contribution in [0.15, 0.2) is 46.9 Å². The SMILES string of the molecule is Cc1ccc(-c2cc(C(=O)NC3CC3)n(-c3ccccc3Cl)n2)o1. The van der Waals surface area contributed by atoms with Gasteiger partial charge in [-0.2, -0.15) is 5.10 Å². The van der Waals surface area contributed by atoms with Crippen molar-refractivity contribution in [2.45, 2.75) is 25.8 Å². The first-order chi connectivity index (χ1) is 11.6. The monoisotopic (exact) mass is 341 g/mol. The topological polar surface area (TPSA) is 60.1 Å². The summed E-state index contributed by atoms with van der Waals surface area (Å²) in [6.07, 6.45) is 2.05. The maximum atomic E-state index is 12.6. The van der Waals surface area contributed by atoms with Crippen molar-refractivity contribution in [1.29, 1.82) is 0 Å². The third-order valence-electron chi connectivity index (χ3n) is 3.93. The molecule has 2 aromatic heterocycles. The minimum Gasteiger partial charge on any atom is -0.460 e. The van der Waals surface area contributed by atoms with Gasteiger partial charge in [-0.1, -0.05) is 23.7 Å². The highest BCUT2D eigenvalue weighted by atomic mass is 35.5. The number of carbonyl (C=O) groups is 1. The molecule has 0 unspecified atom stereocenters. The van der Waals surface area contributed by atoms with Gasteiger partial charge in [-0.25, -0.2) is 4.68 Å². The molecule has 4 rings (SSSR count). The van der Waals surface area contributed by atoms with Crippen molar-refractivity contribution in [3.05, 3.63) is 58.9 Å². The Kier molecular flexibility index (Phi) is 3.65. The average molecular weight is 342 g/mol. The van der Waals surface area contributed by atoms with E-state index in [9.17, 15) is 4.79 Å². The van der Waals surface area contributed by atoms with E-state index >= 15 is 0 Å². The van der Waals surface area contributed by atoms with Gasteiger partial charge in [0, 0.05) is 12.1 Å². The van der Waals surface area contributed by atoms with Crippen LogP contribution in [-0.4, -0.2) is 21.7 Å². The van der Waals surface area contributed by atoms with Gasteiger partial charge in [0.25, 0.3) is 5.91 Å². The summed E-state index contributed by atoms with van der Waals surface area (Å²) in [5.74, 6) is 1.26. The highest BCUT2D eigenvalue weighted by Gasteiger charge is 2.27. The van der Waals surface area contributed by atoms with E-state index in [0.717, 1.165) is 18.6 Å². The number of nitrogens with zero attached hydrogens (tertiary/aromatic N) is 2. The minimum absolute atomic E-state index is 0.153. The van der Waals surface area contributed by atoms with Crippen molar-refractivity contribution in [2.24, 2.45) is 0 Å². The Labute approximate surface area is 144 Å². The maximum absolute atomic E-state index is 12.6. The summed E-state index contributed by atoms with van der Waals surface area (Å²) in [5.41, 5.74) is 1.71. The normalized spacial score (nSPS) is 13.9. The van der Waals surface area contributed by atoms with E-state index < -0.39 is 0 Å². The van der Waals surface area contributed by atoms with E-state index in [0.29, 0.717) is 27.9 Å². The van der Waals surface area contributed by atoms with Crippen molar-refractivity contribution in [3.63, 3.8) is 0 Å². The fourth-order valence-corrected chi connectivity index (χ4v) is 2.75. The molecular weight excluding hydrogens is 326 g/mol. The molecule has 24 heavy (non-hydrogen) atoms. The molecule has 5 nitrogen and oxygen atoms in total. The highest BCUT2D eigenvalue weighted by molar-refractivity contribution is 6.32. The van der Waals surface area contributed by atoms with E-state index in [1.54, 1.807) is 16.8 Å². The quantitative estimate of drug-likeness (QED) is 0.780. The number of aryl methyl sites for hydroxylation is 1. The number of benzene rings is 1. The number of para-hydroxylation sites is 1. The number of halogens is 1. The Balaban J connectivity index is 1.81. The Hall–Kier alpha value is -2.53. The molecule has 0 aliphatic heterocycles.